The zero-order valence-corrected chi connectivity index (χ0v) is 13.3. The Bertz CT molecular complexity index is 620. The van der Waals surface area contributed by atoms with Gasteiger partial charge in [0.05, 0.1) is 5.75 Å². The molecule has 0 radical (unpaired) electrons. The van der Waals surface area contributed by atoms with E-state index in [2.05, 4.69) is 15.5 Å². The van der Waals surface area contributed by atoms with Gasteiger partial charge in [-0.3, -0.25) is 4.79 Å². The van der Waals surface area contributed by atoms with Crippen LogP contribution in [-0.4, -0.2) is 40.9 Å². The number of carbonyl (C=O) groups is 1. The Balaban J connectivity index is 1.86. The third kappa shape index (κ3) is 4.40. The number of thioether (sulfide) groups is 1. The number of aromatic nitrogens is 2. The highest BCUT2D eigenvalue weighted by Gasteiger charge is 2.13. The molecule has 1 N–H and O–H groups in total. The van der Waals surface area contributed by atoms with Crippen LogP contribution in [0.5, 0.6) is 0 Å². The Labute approximate surface area is 130 Å². The van der Waals surface area contributed by atoms with E-state index in [1.165, 1.54) is 34.1 Å². The van der Waals surface area contributed by atoms with Crippen molar-refractivity contribution in [2.75, 3.05) is 25.2 Å². The van der Waals surface area contributed by atoms with Crippen molar-refractivity contribution in [3.05, 3.63) is 35.6 Å². The first-order valence-electron chi connectivity index (χ1n) is 6.21. The second kappa shape index (κ2) is 7.37. The Morgan fingerprint density at radius 3 is 2.86 bits per heavy atom. The molecule has 1 aromatic carbocycles. The molecule has 0 saturated heterocycles. The number of hydrogen-bond donors (Lipinski definition) is 1. The number of nitrogens with one attached hydrogen (secondary N) is 1. The van der Waals surface area contributed by atoms with Gasteiger partial charge < -0.3 is 10.2 Å². The van der Waals surface area contributed by atoms with E-state index in [-0.39, 0.29) is 24.0 Å². The SMILES string of the molecule is CNc1nnc(SCC(=O)N(C)Cc2ccccc2F)s1. The van der Waals surface area contributed by atoms with Gasteiger partial charge in [0.25, 0.3) is 0 Å². The molecule has 21 heavy (non-hydrogen) atoms. The van der Waals surface area contributed by atoms with Crippen LogP contribution in [0, 0.1) is 5.82 Å². The van der Waals surface area contributed by atoms with Crippen LogP contribution in [0.25, 0.3) is 0 Å². The van der Waals surface area contributed by atoms with Gasteiger partial charge in [-0.25, -0.2) is 4.39 Å². The maximum absolute atomic E-state index is 13.5. The van der Waals surface area contributed by atoms with E-state index in [9.17, 15) is 9.18 Å². The molecule has 0 bridgehead atoms. The Morgan fingerprint density at radius 2 is 2.19 bits per heavy atom. The molecule has 1 amide bonds. The first kappa shape index (κ1) is 15.7. The Morgan fingerprint density at radius 1 is 1.43 bits per heavy atom. The minimum absolute atomic E-state index is 0.0792. The number of nitrogens with zero attached hydrogens (tertiary/aromatic N) is 3. The zero-order valence-electron chi connectivity index (χ0n) is 11.7. The summed E-state index contributed by atoms with van der Waals surface area (Å²) in [5.41, 5.74) is 0.506. The molecule has 112 valence electrons. The number of benzene rings is 1. The summed E-state index contributed by atoms with van der Waals surface area (Å²) >= 11 is 2.72. The van der Waals surface area contributed by atoms with Crippen LogP contribution in [0.1, 0.15) is 5.56 Å². The smallest absolute Gasteiger partial charge is 0.233 e. The van der Waals surface area contributed by atoms with Crippen LogP contribution in [-0.2, 0) is 11.3 Å². The first-order valence-corrected chi connectivity index (χ1v) is 8.01. The van der Waals surface area contributed by atoms with Gasteiger partial charge in [-0.05, 0) is 6.07 Å². The molecule has 5 nitrogen and oxygen atoms in total. The summed E-state index contributed by atoms with van der Waals surface area (Å²) < 4.78 is 14.3. The van der Waals surface area contributed by atoms with E-state index in [4.69, 9.17) is 0 Å². The van der Waals surface area contributed by atoms with Gasteiger partial charge in [-0.1, -0.05) is 41.3 Å². The van der Waals surface area contributed by atoms with Crippen LogP contribution in [0.2, 0.25) is 0 Å². The molecule has 0 unspecified atom stereocenters. The average molecular weight is 326 g/mol. The van der Waals surface area contributed by atoms with Crippen molar-refractivity contribution in [1.29, 1.82) is 0 Å². The highest BCUT2D eigenvalue weighted by molar-refractivity contribution is 8.01. The second-order valence-electron chi connectivity index (χ2n) is 4.25. The van der Waals surface area contributed by atoms with Crippen molar-refractivity contribution in [1.82, 2.24) is 15.1 Å². The summed E-state index contributed by atoms with van der Waals surface area (Å²) in [4.78, 5) is 13.5. The van der Waals surface area contributed by atoms with Crippen molar-refractivity contribution < 1.29 is 9.18 Å². The maximum atomic E-state index is 13.5. The molecule has 2 rings (SSSR count). The molecular weight excluding hydrogens is 311 g/mol. The van der Waals surface area contributed by atoms with Crippen LogP contribution in [0.4, 0.5) is 9.52 Å². The van der Waals surface area contributed by atoms with Crippen LogP contribution < -0.4 is 5.32 Å². The Kier molecular flexibility index (Phi) is 5.51. The standard InChI is InChI=1S/C13H15FN4OS2/c1-15-12-16-17-13(21-12)20-8-11(19)18(2)7-9-5-3-4-6-10(9)14/h3-6H,7-8H2,1-2H3,(H,15,16). The third-order valence-electron chi connectivity index (χ3n) is 2.73. The lowest BCUT2D eigenvalue weighted by atomic mass is 10.2. The monoisotopic (exact) mass is 326 g/mol. The minimum Gasteiger partial charge on any atom is -0.363 e. The average Bonchev–Trinajstić information content (AvgIpc) is 2.95. The number of hydrogen-bond acceptors (Lipinski definition) is 6. The lowest BCUT2D eigenvalue weighted by molar-refractivity contribution is -0.127. The van der Waals surface area contributed by atoms with E-state index >= 15 is 0 Å². The van der Waals surface area contributed by atoms with Gasteiger partial charge in [0, 0.05) is 26.2 Å². The molecule has 2 aromatic rings. The quantitative estimate of drug-likeness (QED) is 0.827. The van der Waals surface area contributed by atoms with Crippen molar-refractivity contribution in [3.63, 3.8) is 0 Å². The van der Waals surface area contributed by atoms with Gasteiger partial charge >= 0.3 is 0 Å². The molecular formula is C13H15FN4OS2. The van der Waals surface area contributed by atoms with Crippen molar-refractivity contribution in [2.24, 2.45) is 0 Å². The topological polar surface area (TPSA) is 58.1 Å². The Hall–Kier alpha value is -1.67. The lowest BCUT2D eigenvalue weighted by Gasteiger charge is -2.17. The molecule has 0 aliphatic carbocycles. The van der Waals surface area contributed by atoms with E-state index in [0.29, 0.717) is 10.7 Å². The van der Waals surface area contributed by atoms with Crippen LogP contribution >= 0.6 is 23.1 Å². The van der Waals surface area contributed by atoms with Gasteiger partial charge in [0.15, 0.2) is 4.34 Å². The van der Waals surface area contributed by atoms with E-state index in [1.54, 1.807) is 32.3 Å². The third-order valence-corrected chi connectivity index (χ3v) is 4.79. The molecule has 1 aromatic heterocycles. The highest BCUT2D eigenvalue weighted by Crippen LogP contribution is 2.25. The van der Waals surface area contributed by atoms with Gasteiger partial charge in [0.2, 0.25) is 11.0 Å². The molecule has 1 heterocycles. The van der Waals surface area contributed by atoms with E-state index in [1.807, 2.05) is 0 Å². The summed E-state index contributed by atoms with van der Waals surface area (Å²) in [7, 11) is 3.43. The lowest BCUT2D eigenvalue weighted by Crippen LogP contribution is -2.28. The van der Waals surface area contributed by atoms with Crippen LogP contribution in [0.15, 0.2) is 28.6 Å². The molecule has 0 spiro atoms. The number of halogens is 1. The predicted octanol–water partition coefficient (Wildman–Crippen LogP) is 2.47. The zero-order chi connectivity index (χ0) is 15.2. The summed E-state index contributed by atoms with van der Waals surface area (Å²) in [5.74, 6) is -0.124. The predicted molar refractivity (Wildman–Crippen MR) is 83.1 cm³/mol. The van der Waals surface area contributed by atoms with Gasteiger partial charge in [-0.15, -0.1) is 10.2 Å². The molecule has 0 atom stereocenters. The normalized spacial score (nSPS) is 10.4. The fourth-order valence-electron chi connectivity index (χ4n) is 1.57. The van der Waals surface area contributed by atoms with Crippen molar-refractivity contribution >= 4 is 34.1 Å². The number of rotatable bonds is 6. The number of amides is 1. The summed E-state index contributed by atoms with van der Waals surface area (Å²) in [6.45, 7) is 0.254. The number of carbonyl (C=O) groups excluding carboxylic acids is 1. The summed E-state index contributed by atoms with van der Waals surface area (Å²) in [5, 5.41) is 11.5. The van der Waals surface area contributed by atoms with E-state index < -0.39 is 0 Å². The van der Waals surface area contributed by atoms with Crippen molar-refractivity contribution in [2.45, 2.75) is 10.9 Å². The largest absolute Gasteiger partial charge is 0.363 e. The van der Waals surface area contributed by atoms with Crippen molar-refractivity contribution in [3.8, 4) is 0 Å². The summed E-state index contributed by atoms with van der Waals surface area (Å²) in [6, 6.07) is 6.45. The summed E-state index contributed by atoms with van der Waals surface area (Å²) in [6.07, 6.45) is 0. The fourth-order valence-corrected chi connectivity index (χ4v) is 3.22. The van der Waals surface area contributed by atoms with E-state index in [0.717, 1.165) is 4.34 Å². The highest BCUT2D eigenvalue weighted by atomic mass is 32.2. The fraction of sp³-hybridized carbons (Fsp3) is 0.308. The van der Waals surface area contributed by atoms with Gasteiger partial charge in [-0.2, -0.15) is 0 Å². The molecule has 0 fully saturated rings. The number of anilines is 1. The molecule has 8 heteroatoms. The van der Waals surface area contributed by atoms with Gasteiger partial charge in [0.1, 0.15) is 5.82 Å². The minimum atomic E-state index is -0.299. The van der Waals surface area contributed by atoms with Crippen LogP contribution in [0.3, 0.4) is 0 Å². The second-order valence-corrected chi connectivity index (χ2v) is 6.45. The molecule has 0 aliphatic heterocycles. The maximum Gasteiger partial charge on any atom is 0.233 e. The first-order chi connectivity index (χ1) is 10.1. The molecule has 0 saturated carbocycles. The molecule has 0 aliphatic rings.